The summed E-state index contributed by atoms with van der Waals surface area (Å²) in [4.78, 5) is 11.3. The lowest BCUT2D eigenvalue weighted by molar-refractivity contribution is 0.101. The van der Waals surface area contributed by atoms with Gasteiger partial charge in [0.05, 0.1) is 11.9 Å². The van der Waals surface area contributed by atoms with E-state index in [2.05, 4.69) is 0 Å². The summed E-state index contributed by atoms with van der Waals surface area (Å²) in [6, 6.07) is 5.21. The van der Waals surface area contributed by atoms with Gasteiger partial charge in [-0.1, -0.05) is 27.7 Å². The normalized spacial score (nSPS) is 13.1. The average molecular weight is 313 g/mol. The minimum Gasteiger partial charge on any atom is -0.295 e. The summed E-state index contributed by atoms with van der Waals surface area (Å²) in [7, 11) is -3.22. The highest BCUT2D eigenvalue weighted by molar-refractivity contribution is 7.92. The van der Waals surface area contributed by atoms with Crippen molar-refractivity contribution in [2.45, 2.75) is 47.5 Å². The maximum Gasteiger partial charge on any atom is 0.232 e. The lowest BCUT2D eigenvalue weighted by Crippen LogP contribution is -2.34. The zero-order valence-corrected chi connectivity index (χ0v) is 14.8. The highest BCUT2D eigenvalue weighted by atomic mass is 32.2. The minimum atomic E-state index is -3.22. The number of hydrogen-bond donors (Lipinski definition) is 0. The van der Waals surface area contributed by atoms with Gasteiger partial charge >= 0.3 is 0 Å². The van der Waals surface area contributed by atoms with E-state index in [1.165, 1.54) is 17.5 Å². The molecule has 0 atom stereocenters. The van der Waals surface area contributed by atoms with Crippen molar-refractivity contribution in [1.82, 2.24) is 0 Å². The summed E-state index contributed by atoms with van der Waals surface area (Å²) >= 11 is 0. The summed E-state index contributed by atoms with van der Waals surface area (Å²) in [6.07, 6.45) is 2.82. The first-order valence-electron chi connectivity index (χ1n) is 7.51. The Kier molecular flexibility index (Phi) is 8.25. The van der Waals surface area contributed by atoms with Crippen LogP contribution in [0, 0.1) is 0 Å². The zero-order valence-electron chi connectivity index (χ0n) is 13.9. The molecule has 5 heteroatoms. The van der Waals surface area contributed by atoms with Crippen molar-refractivity contribution in [2.24, 2.45) is 0 Å². The number of carbonyl (C=O) groups excluding carboxylic acids is 1. The van der Waals surface area contributed by atoms with Gasteiger partial charge in [0, 0.05) is 12.1 Å². The van der Waals surface area contributed by atoms with Crippen LogP contribution in [-0.2, 0) is 16.4 Å². The van der Waals surface area contributed by atoms with Gasteiger partial charge in [0.25, 0.3) is 0 Å². The monoisotopic (exact) mass is 313 g/mol. The van der Waals surface area contributed by atoms with Gasteiger partial charge in [-0.25, -0.2) is 8.42 Å². The van der Waals surface area contributed by atoms with Gasteiger partial charge in [-0.05, 0) is 43.5 Å². The molecule has 1 aliphatic heterocycles. The van der Waals surface area contributed by atoms with Crippen LogP contribution in [0.5, 0.6) is 0 Å². The van der Waals surface area contributed by atoms with E-state index >= 15 is 0 Å². The molecule has 1 aromatic carbocycles. The van der Waals surface area contributed by atoms with Crippen LogP contribution in [0.2, 0.25) is 0 Å². The molecule has 1 aliphatic rings. The molecule has 0 amide bonds. The number of Topliss-reactive ketones (excluding diaryl/α,β-unsaturated/α-hetero) is 1. The van der Waals surface area contributed by atoms with Crippen LogP contribution in [0.15, 0.2) is 18.2 Å². The molecule has 1 heterocycles. The van der Waals surface area contributed by atoms with E-state index in [1.807, 2.05) is 27.7 Å². The number of aryl methyl sites for hydroxylation is 1. The Hall–Kier alpha value is -1.36. The molecule has 21 heavy (non-hydrogen) atoms. The number of rotatable bonds is 2. The summed E-state index contributed by atoms with van der Waals surface area (Å²) in [5, 5.41) is 0. The van der Waals surface area contributed by atoms with E-state index in [-0.39, 0.29) is 5.78 Å². The Morgan fingerprint density at radius 2 is 1.71 bits per heavy atom. The van der Waals surface area contributed by atoms with Crippen LogP contribution in [0.25, 0.3) is 0 Å². The maximum absolute atomic E-state index is 11.6. The molecule has 0 unspecified atom stereocenters. The molecule has 0 saturated heterocycles. The summed E-state index contributed by atoms with van der Waals surface area (Å²) in [5.74, 6) is 0.00396. The van der Waals surface area contributed by atoms with E-state index in [1.54, 1.807) is 18.2 Å². The lowest BCUT2D eigenvalue weighted by atomic mass is 9.99. The predicted octanol–water partition coefficient (Wildman–Crippen LogP) is 3.65. The van der Waals surface area contributed by atoms with Gasteiger partial charge in [-0.15, -0.1) is 0 Å². The fourth-order valence-corrected chi connectivity index (χ4v) is 3.12. The SMILES string of the molecule is CC.CC.CC(=O)c1ccc2c(c1)CCCN2S(C)(=O)=O. The third-order valence-corrected chi connectivity index (χ3v) is 4.14. The second kappa shape index (κ2) is 8.82. The molecule has 0 saturated carbocycles. The van der Waals surface area contributed by atoms with Gasteiger partial charge in [-0.2, -0.15) is 0 Å². The van der Waals surface area contributed by atoms with Gasteiger partial charge in [0.15, 0.2) is 5.78 Å². The van der Waals surface area contributed by atoms with Crippen molar-refractivity contribution < 1.29 is 13.2 Å². The standard InChI is InChI=1S/C12H15NO3S.2C2H6/c1-9(14)10-5-6-12-11(8-10)4-3-7-13(12)17(2,15)16;2*1-2/h5-6,8H,3-4,7H2,1-2H3;2*1-2H3. The molecule has 2 rings (SSSR count). The Labute approximate surface area is 129 Å². The van der Waals surface area contributed by atoms with Gasteiger partial charge < -0.3 is 0 Å². The van der Waals surface area contributed by atoms with E-state index in [0.29, 0.717) is 17.8 Å². The summed E-state index contributed by atoms with van der Waals surface area (Å²) in [5.41, 5.74) is 2.29. The molecular formula is C16H27NO3S. The van der Waals surface area contributed by atoms with Crippen LogP contribution in [0.3, 0.4) is 0 Å². The number of nitrogens with zero attached hydrogens (tertiary/aromatic N) is 1. The zero-order chi connectivity index (χ0) is 16.6. The van der Waals surface area contributed by atoms with E-state index < -0.39 is 10.0 Å². The van der Waals surface area contributed by atoms with Crippen molar-refractivity contribution in [3.05, 3.63) is 29.3 Å². The van der Waals surface area contributed by atoms with Crippen molar-refractivity contribution in [3.63, 3.8) is 0 Å². The number of anilines is 1. The van der Waals surface area contributed by atoms with Gasteiger partial charge in [0.1, 0.15) is 0 Å². The largest absolute Gasteiger partial charge is 0.295 e. The van der Waals surface area contributed by atoms with Gasteiger partial charge in [-0.3, -0.25) is 9.10 Å². The number of hydrogen-bond acceptors (Lipinski definition) is 3. The average Bonchev–Trinajstić information content (AvgIpc) is 2.49. The number of benzene rings is 1. The Morgan fingerprint density at radius 1 is 1.14 bits per heavy atom. The first-order chi connectivity index (χ1) is 9.89. The van der Waals surface area contributed by atoms with Crippen molar-refractivity contribution in [3.8, 4) is 0 Å². The van der Waals surface area contributed by atoms with Gasteiger partial charge in [0.2, 0.25) is 10.0 Å². The fraction of sp³-hybridized carbons (Fsp3) is 0.562. The predicted molar refractivity (Wildman–Crippen MR) is 89.7 cm³/mol. The van der Waals surface area contributed by atoms with Crippen LogP contribution < -0.4 is 4.31 Å². The first kappa shape index (κ1) is 19.6. The van der Waals surface area contributed by atoms with E-state index in [9.17, 15) is 13.2 Å². The molecule has 0 aliphatic carbocycles. The van der Waals surface area contributed by atoms with Crippen LogP contribution in [0.4, 0.5) is 5.69 Å². The first-order valence-corrected chi connectivity index (χ1v) is 9.36. The Morgan fingerprint density at radius 3 is 2.19 bits per heavy atom. The fourth-order valence-electron chi connectivity index (χ4n) is 2.13. The minimum absolute atomic E-state index is 0.00396. The van der Waals surface area contributed by atoms with Crippen LogP contribution in [0.1, 0.15) is 57.0 Å². The molecule has 120 valence electrons. The molecule has 4 nitrogen and oxygen atoms in total. The molecule has 0 bridgehead atoms. The lowest BCUT2D eigenvalue weighted by Gasteiger charge is -2.29. The smallest absolute Gasteiger partial charge is 0.232 e. The molecule has 0 N–H and O–H groups in total. The number of sulfonamides is 1. The Balaban J connectivity index is 0.000000921. The molecule has 0 radical (unpaired) electrons. The highest BCUT2D eigenvalue weighted by Gasteiger charge is 2.24. The third kappa shape index (κ3) is 5.16. The maximum atomic E-state index is 11.6. The molecule has 0 aromatic heterocycles. The van der Waals surface area contributed by atoms with Crippen LogP contribution >= 0.6 is 0 Å². The molecule has 0 fully saturated rings. The quantitative estimate of drug-likeness (QED) is 0.783. The Bertz CT molecular complexity index is 565. The van der Waals surface area contributed by atoms with E-state index in [0.717, 1.165) is 18.4 Å². The highest BCUT2D eigenvalue weighted by Crippen LogP contribution is 2.29. The van der Waals surface area contributed by atoms with Crippen LogP contribution in [-0.4, -0.2) is 27.0 Å². The summed E-state index contributed by atoms with van der Waals surface area (Å²) in [6.45, 7) is 10.0. The summed E-state index contributed by atoms with van der Waals surface area (Å²) < 4.78 is 24.7. The molecule has 1 aromatic rings. The molecular weight excluding hydrogens is 286 g/mol. The second-order valence-electron chi connectivity index (χ2n) is 4.34. The van der Waals surface area contributed by atoms with Crippen molar-refractivity contribution in [1.29, 1.82) is 0 Å². The number of carbonyl (C=O) groups is 1. The second-order valence-corrected chi connectivity index (χ2v) is 6.25. The topological polar surface area (TPSA) is 54.5 Å². The van der Waals surface area contributed by atoms with Crippen molar-refractivity contribution in [2.75, 3.05) is 17.1 Å². The number of ketones is 1. The number of fused-ring (bicyclic) bond motifs is 1. The third-order valence-electron chi connectivity index (χ3n) is 2.96. The van der Waals surface area contributed by atoms with E-state index in [4.69, 9.17) is 0 Å². The van der Waals surface area contributed by atoms with Crippen molar-refractivity contribution >= 4 is 21.5 Å². The molecule has 0 spiro atoms.